The summed E-state index contributed by atoms with van der Waals surface area (Å²) in [5.41, 5.74) is 1.06. The second-order valence-electron chi connectivity index (χ2n) is 6.41. The summed E-state index contributed by atoms with van der Waals surface area (Å²) in [6, 6.07) is 19.0. The molecule has 0 atom stereocenters. The monoisotopic (exact) mass is 322 g/mol. The van der Waals surface area contributed by atoms with E-state index in [0.29, 0.717) is 12.2 Å². The molecule has 0 aliphatic heterocycles. The second-order valence-corrected chi connectivity index (χ2v) is 6.41. The Labute approximate surface area is 142 Å². The number of carbonyl (C=O) groups is 2. The lowest BCUT2D eigenvalue weighted by atomic mass is 9.79. The van der Waals surface area contributed by atoms with Crippen molar-refractivity contribution in [3.8, 4) is 5.75 Å². The van der Waals surface area contributed by atoms with Gasteiger partial charge in [0.1, 0.15) is 11.5 Å². The van der Waals surface area contributed by atoms with Gasteiger partial charge in [-0.3, -0.25) is 9.59 Å². The molecule has 0 amide bonds. The first-order chi connectivity index (χ1) is 11.7. The molecule has 1 aliphatic rings. The predicted molar refractivity (Wildman–Crippen MR) is 92.7 cm³/mol. The quantitative estimate of drug-likeness (QED) is 0.612. The van der Waals surface area contributed by atoms with Crippen LogP contribution in [-0.4, -0.2) is 11.8 Å². The molecule has 0 aromatic heterocycles. The van der Waals surface area contributed by atoms with Crippen LogP contribution in [0.3, 0.4) is 0 Å². The molecule has 0 heterocycles. The summed E-state index contributed by atoms with van der Waals surface area (Å²) in [4.78, 5) is 24.6. The fourth-order valence-corrected chi connectivity index (χ4v) is 3.28. The number of rotatable bonds is 5. The minimum Gasteiger partial charge on any atom is -0.426 e. The molecule has 2 aromatic rings. The van der Waals surface area contributed by atoms with E-state index in [0.717, 1.165) is 31.2 Å². The summed E-state index contributed by atoms with van der Waals surface area (Å²) >= 11 is 0. The van der Waals surface area contributed by atoms with Gasteiger partial charge in [0.2, 0.25) is 0 Å². The lowest BCUT2D eigenvalue weighted by Gasteiger charge is -2.26. The number of para-hydroxylation sites is 1. The van der Waals surface area contributed by atoms with Gasteiger partial charge < -0.3 is 4.74 Å². The van der Waals surface area contributed by atoms with Crippen LogP contribution in [0.1, 0.15) is 31.2 Å². The van der Waals surface area contributed by atoms with Gasteiger partial charge in [-0.2, -0.15) is 0 Å². The van der Waals surface area contributed by atoms with Gasteiger partial charge in [-0.25, -0.2) is 0 Å². The topological polar surface area (TPSA) is 43.4 Å². The van der Waals surface area contributed by atoms with E-state index in [1.807, 2.05) is 48.5 Å². The molecule has 0 N–H and O–H groups in total. The van der Waals surface area contributed by atoms with Gasteiger partial charge in [0, 0.05) is 12.3 Å². The third kappa shape index (κ3) is 4.31. The van der Waals surface area contributed by atoms with Crippen molar-refractivity contribution in [2.24, 2.45) is 11.8 Å². The molecule has 3 rings (SSSR count). The molecule has 124 valence electrons. The molecule has 1 fully saturated rings. The molecule has 0 saturated heterocycles. The first-order valence-electron chi connectivity index (χ1n) is 8.56. The van der Waals surface area contributed by atoms with Gasteiger partial charge in [-0.15, -0.1) is 0 Å². The highest BCUT2D eigenvalue weighted by Gasteiger charge is 2.30. The number of carbonyl (C=O) groups excluding carboxylic acids is 2. The van der Waals surface area contributed by atoms with Crippen molar-refractivity contribution in [3.63, 3.8) is 0 Å². The Morgan fingerprint density at radius 3 is 1.96 bits per heavy atom. The average molecular weight is 322 g/mol. The normalized spacial score (nSPS) is 20.3. The van der Waals surface area contributed by atoms with Crippen LogP contribution < -0.4 is 4.74 Å². The van der Waals surface area contributed by atoms with Gasteiger partial charge >= 0.3 is 5.97 Å². The van der Waals surface area contributed by atoms with Crippen LogP contribution in [0.5, 0.6) is 5.75 Å². The van der Waals surface area contributed by atoms with Crippen LogP contribution in [0.25, 0.3) is 0 Å². The molecule has 0 bridgehead atoms. The lowest BCUT2D eigenvalue weighted by molar-refractivity contribution is -0.141. The number of hydrogen-bond donors (Lipinski definition) is 0. The fraction of sp³-hybridized carbons (Fsp3) is 0.333. The number of hydrogen-bond acceptors (Lipinski definition) is 3. The van der Waals surface area contributed by atoms with E-state index in [1.54, 1.807) is 12.1 Å². The molecule has 2 aromatic carbocycles. The molecular weight excluding hydrogens is 300 g/mol. The number of Topliss-reactive ketones (excluding diaryl/α,β-unsaturated/α-hetero) is 1. The largest absolute Gasteiger partial charge is 0.426 e. The Bertz CT molecular complexity index is 609. The highest BCUT2D eigenvalue weighted by molar-refractivity contribution is 5.83. The second kappa shape index (κ2) is 7.91. The first kappa shape index (κ1) is 16.4. The standard InChI is InChI=1S/C21H22O3/c22-20(15-16-7-3-1-4-8-16)17-11-13-18(14-12-17)21(23)24-19-9-5-2-6-10-19/h1-10,17-18H,11-15H2. The molecular formula is C21H22O3. The minimum absolute atomic E-state index is 0.0750. The number of ether oxygens (including phenoxy) is 1. The van der Waals surface area contributed by atoms with Crippen LogP contribution in [-0.2, 0) is 16.0 Å². The van der Waals surface area contributed by atoms with E-state index in [-0.39, 0.29) is 23.6 Å². The van der Waals surface area contributed by atoms with Crippen LogP contribution in [0.4, 0.5) is 0 Å². The zero-order chi connectivity index (χ0) is 16.8. The van der Waals surface area contributed by atoms with Crippen molar-refractivity contribution in [2.45, 2.75) is 32.1 Å². The third-order valence-electron chi connectivity index (χ3n) is 4.70. The Hall–Kier alpha value is -2.42. The van der Waals surface area contributed by atoms with Crippen molar-refractivity contribution in [1.82, 2.24) is 0 Å². The van der Waals surface area contributed by atoms with Gasteiger partial charge in [0.15, 0.2) is 0 Å². The SMILES string of the molecule is O=C(Cc1ccccc1)C1CCC(C(=O)Oc2ccccc2)CC1. The molecule has 1 saturated carbocycles. The van der Waals surface area contributed by atoms with Crippen molar-refractivity contribution in [3.05, 3.63) is 66.2 Å². The van der Waals surface area contributed by atoms with Crippen molar-refractivity contribution in [1.29, 1.82) is 0 Å². The van der Waals surface area contributed by atoms with E-state index in [1.165, 1.54) is 0 Å². The van der Waals surface area contributed by atoms with Crippen molar-refractivity contribution < 1.29 is 14.3 Å². The predicted octanol–water partition coefficient (Wildman–Crippen LogP) is 4.21. The summed E-state index contributed by atoms with van der Waals surface area (Å²) in [5, 5.41) is 0. The molecule has 0 spiro atoms. The smallest absolute Gasteiger partial charge is 0.314 e. The summed E-state index contributed by atoms with van der Waals surface area (Å²) in [6.07, 6.45) is 3.51. The van der Waals surface area contributed by atoms with Gasteiger partial charge in [-0.1, -0.05) is 48.5 Å². The number of esters is 1. The molecule has 0 unspecified atom stereocenters. The molecule has 3 nitrogen and oxygen atoms in total. The lowest BCUT2D eigenvalue weighted by Crippen LogP contribution is -2.29. The molecule has 3 heteroatoms. The summed E-state index contributed by atoms with van der Waals surface area (Å²) in [7, 11) is 0. The van der Waals surface area contributed by atoms with E-state index in [4.69, 9.17) is 4.74 Å². The van der Waals surface area contributed by atoms with Crippen LogP contribution >= 0.6 is 0 Å². The third-order valence-corrected chi connectivity index (χ3v) is 4.70. The highest BCUT2D eigenvalue weighted by Crippen LogP contribution is 2.31. The molecule has 24 heavy (non-hydrogen) atoms. The minimum atomic E-state index is -0.171. The summed E-state index contributed by atoms with van der Waals surface area (Å²) in [6.45, 7) is 0. The van der Waals surface area contributed by atoms with Gasteiger partial charge in [0.05, 0.1) is 5.92 Å². The Balaban J connectivity index is 1.48. The van der Waals surface area contributed by atoms with E-state index >= 15 is 0 Å². The zero-order valence-electron chi connectivity index (χ0n) is 13.7. The van der Waals surface area contributed by atoms with Crippen LogP contribution in [0.2, 0.25) is 0 Å². The van der Waals surface area contributed by atoms with Crippen LogP contribution in [0, 0.1) is 11.8 Å². The molecule has 1 aliphatic carbocycles. The Morgan fingerprint density at radius 1 is 0.792 bits per heavy atom. The van der Waals surface area contributed by atoms with E-state index < -0.39 is 0 Å². The fourth-order valence-electron chi connectivity index (χ4n) is 3.28. The zero-order valence-corrected chi connectivity index (χ0v) is 13.7. The highest BCUT2D eigenvalue weighted by atomic mass is 16.5. The maximum Gasteiger partial charge on any atom is 0.314 e. The van der Waals surface area contributed by atoms with E-state index in [2.05, 4.69) is 0 Å². The first-order valence-corrected chi connectivity index (χ1v) is 8.56. The maximum atomic E-state index is 12.4. The molecule has 0 radical (unpaired) electrons. The average Bonchev–Trinajstić information content (AvgIpc) is 2.63. The number of ketones is 1. The van der Waals surface area contributed by atoms with Crippen molar-refractivity contribution in [2.75, 3.05) is 0 Å². The summed E-state index contributed by atoms with van der Waals surface area (Å²) in [5.74, 6) is 0.688. The maximum absolute atomic E-state index is 12.4. The number of benzene rings is 2. The van der Waals surface area contributed by atoms with Gasteiger partial charge in [0.25, 0.3) is 0 Å². The van der Waals surface area contributed by atoms with Gasteiger partial charge in [-0.05, 0) is 43.4 Å². The van der Waals surface area contributed by atoms with Crippen molar-refractivity contribution >= 4 is 11.8 Å². The summed E-state index contributed by atoms with van der Waals surface area (Å²) < 4.78 is 5.42. The Kier molecular flexibility index (Phi) is 5.42. The van der Waals surface area contributed by atoms with E-state index in [9.17, 15) is 9.59 Å². The Morgan fingerprint density at radius 2 is 1.33 bits per heavy atom. The van der Waals surface area contributed by atoms with Crippen LogP contribution in [0.15, 0.2) is 60.7 Å².